The number of nitrogens with one attached hydrogen (secondary N) is 1. The van der Waals surface area contributed by atoms with Crippen LogP contribution in [-0.2, 0) is 17.1 Å². The lowest BCUT2D eigenvalue weighted by Gasteiger charge is -2.13. The van der Waals surface area contributed by atoms with Gasteiger partial charge in [-0.05, 0) is 30.2 Å². The van der Waals surface area contributed by atoms with Crippen LogP contribution in [0.25, 0.3) is 5.69 Å². The molecule has 0 aliphatic heterocycles. The van der Waals surface area contributed by atoms with Crippen molar-refractivity contribution in [1.82, 2.24) is 20.1 Å². The maximum atomic E-state index is 12.0. The van der Waals surface area contributed by atoms with Crippen molar-refractivity contribution in [2.45, 2.75) is 43.6 Å². The molecule has 0 atom stereocenters. The predicted octanol–water partition coefficient (Wildman–Crippen LogP) is 5.67. The van der Waals surface area contributed by atoms with Gasteiger partial charge in [-0.1, -0.05) is 78.6 Å². The first-order valence-electron chi connectivity index (χ1n) is 9.41. The molecule has 2 aromatic carbocycles. The highest BCUT2D eigenvalue weighted by atomic mass is 35.5. The molecule has 1 heterocycles. The lowest BCUT2D eigenvalue weighted by Crippen LogP contribution is -2.24. The zero-order chi connectivity index (χ0) is 20.6. The Hall–Kier alpha value is -2.02. The molecule has 0 aliphatic carbocycles. The van der Waals surface area contributed by atoms with Crippen molar-refractivity contribution in [3.63, 3.8) is 0 Å². The van der Waals surface area contributed by atoms with Gasteiger partial charge in [0.25, 0.3) is 0 Å². The maximum Gasteiger partial charge on any atom is 0.220 e. The molecule has 0 bridgehead atoms. The number of benzene rings is 2. The molecule has 0 saturated carbocycles. The molecule has 1 amide bonds. The van der Waals surface area contributed by atoms with Gasteiger partial charge in [0.1, 0.15) is 0 Å². The molecule has 0 unspecified atom stereocenters. The van der Waals surface area contributed by atoms with Crippen LogP contribution in [0.15, 0.2) is 53.7 Å². The van der Waals surface area contributed by atoms with Crippen molar-refractivity contribution < 1.29 is 4.79 Å². The number of amides is 1. The van der Waals surface area contributed by atoms with E-state index in [1.54, 1.807) is 30.0 Å². The van der Waals surface area contributed by atoms with Crippen molar-refractivity contribution in [1.29, 1.82) is 0 Å². The van der Waals surface area contributed by atoms with E-state index >= 15 is 0 Å². The van der Waals surface area contributed by atoms with Gasteiger partial charge in [0, 0.05) is 17.2 Å². The molecule has 152 valence electrons. The third-order valence-electron chi connectivity index (χ3n) is 4.26. The van der Waals surface area contributed by atoms with Crippen molar-refractivity contribution in [3.05, 3.63) is 70.0 Å². The van der Waals surface area contributed by atoms with Gasteiger partial charge in [-0.25, -0.2) is 0 Å². The molecule has 3 rings (SSSR count). The summed E-state index contributed by atoms with van der Waals surface area (Å²) in [5.41, 5.74) is 1.87. The lowest BCUT2D eigenvalue weighted by atomic mass is 10.2. The largest absolute Gasteiger partial charge is 0.349 e. The van der Waals surface area contributed by atoms with Crippen LogP contribution in [0.1, 0.15) is 37.6 Å². The number of thioether (sulfide) groups is 1. The fourth-order valence-electron chi connectivity index (χ4n) is 2.73. The summed E-state index contributed by atoms with van der Waals surface area (Å²) >= 11 is 14.2. The number of carbonyl (C=O) groups is 1. The monoisotopic (exact) mass is 448 g/mol. The Balaban J connectivity index is 1.86. The predicted molar refractivity (Wildman–Crippen MR) is 119 cm³/mol. The van der Waals surface area contributed by atoms with E-state index in [1.807, 2.05) is 22.8 Å². The third kappa shape index (κ3) is 5.98. The minimum atomic E-state index is -0.00270. The van der Waals surface area contributed by atoms with Crippen LogP contribution in [0.5, 0.6) is 0 Å². The smallest absolute Gasteiger partial charge is 0.220 e. The molecule has 0 aliphatic rings. The Morgan fingerprint density at radius 1 is 1.14 bits per heavy atom. The highest BCUT2D eigenvalue weighted by Gasteiger charge is 2.18. The molecular formula is C21H22Cl2N4OS. The molecule has 0 saturated heterocycles. The van der Waals surface area contributed by atoms with Crippen LogP contribution < -0.4 is 5.32 Å². The fraction of sp³-hybridized carbons (Fsp3) is 0.286. The van der Waals surface area contributed by atoms with Gasteiger partial charge in [0.2, 0.25) is 5.91 Å². The minimum absolute atomic E-state index is 0.00270. The first-order chi connectivity index (χ1) is 14.1. The standard InChI is InChI=1S/C21H22Cl2N4OS/c1-2-3-9-20(28)24-13-19-25-26-21(29-14-15-7-5-4-6-8-15)27(19)18-12-16(22)10-11-17(18)23/h4-8,10-12H,2-3,9,13-14H2,1H3,(H,24,28). The van der Waals surface area contributed by atoms with E-state index in [0.717, 1.165) is 18.6 Å². The normalized spacial score (nSPS) is 10.9. The zero-order valence-corrected chi connectivity index (χ0v) is 18.4. The highest BCUT2D eigenvalue weighted by Crippen LogP contribution is 2.30. The fourth-order valence-corrected chi connectivity index (χ4v) is 4.02. The lowest BCUT2D eigenvalue weighted by molar-refractivity contribution is -0.121. The van der Waals surface area contributed by atoms with Crippen LogP contribution in [-0.4, -0.2) is 20.7 Å². The van der Waals surface area contributed by atoms with E-state index in [4.69, 9.17) is 23.2 Å². The molecular weight excluding hydrogens is 427 g/mol. The summed E-state index contributed by atoms with van der Waals surface area (Å²) in [5.74, 6) is 1.34. The first-order valence-corrected chi connectivity index (χ1v) is 11.2. The van der Waals surface area contributed by atoms with Crippen LogP contribution in [0.2, 0.25) is 10.0 Å². The average Bonchev–Trinajstić information content (AvgIpc) is 3.14. The maximum absolute atomic E-state index is 12.0. The Bertz CT molecular complexity index is 963. The number of unbranched alkanes of at least 4 members (excludes halogenated alkanes) is 1. The van der Waals surface area contributed by atoms with Crippen molar-refractivity contribution in [2.24, 2.45) is 0 Å². The SMILES string of the molecule is CCCCC(=O)NCc1nnc(SCc2ccccc2)n1-c1cc(Cl)ccc1Cl. The summed E-state index contributed by atoms with van der Waals surface area (Å²) in [6, 6.07) is 15.4. The van der Waals surface area contributed by atoms with Crippen molar-refractivity contribution in [2.75, 3.05) is 0 Å². The molecule has 1 N–H and O–H groups in total. The average molecular weight is 449 g/mol. The summed E-state index contributed by atoms with van der Waals surface area (Å²) < 4.78 is 1.86. The number of rotatable bonds is 9. The number of hydrogen-bond acceptors (Lipinski definition) is 4. The summed E-state index contributed by atoms with van der Waals surface area (Å²) in [4.78, 5) is 12.0. The molecule has 0 fully saturated rings. The van der Waals surface area contributed by atoms with Gasteiger partial charge in [-0.15, -0.1) is 10.2 Å². The van der Waals surface area contributed by atoms with E-state index in [1.165, 1.54) is 5.56 Å². The zero-order valence-electron chi connectivity index (χ0n) is 16.1. The summed E-state index contributed by atoms with van der Waals surface area (Å²) in [6.07, 6.45) is 2.33. The van der Waals surface area contributed by atoms with Gasteiger partial charge >= 0.3 is 0 Å². The number of nitrogens with zero attached hydrogens (tertiary/aromatic N) is 3. The molecule has 5 nitrogen and oxygen atoms in total. The van der Waals surface area contributed by atoms with E-state index in [9.17, 15) is 4.79 Å². The Labute approximate surface area is 184 Å². The van der Waals surface area contributed by atoms with Gasteiger partial charge in [0.15, 0.2) is 11.0 Å². The van der Waals surface area contributed by atoms with Crippen LogP contribution in [0.3, 0.4) is 0 Å². The van der Waals surface area contributed by atoms with Gasteiger partial charge < -0.3 is 5.32 Å². The minimum Gasteiger partial charge on any atom is -0.349 e. The summed E-state index contributed by atoms with van der Waals surface area (Å²) in [6.45, 7) is 2.32. The van der Waals surface area contributed by atoms with E-state index in [-0.39, 0.29) is 12.5 Å². The highest BCUT2D eigenvalue weighted by molar-refractivity contribution is 7.98. The van der Waals surface area contributed by atoms with Gasteiger partial charge in [0.05, 0.1) is 17.3 Å². The second-order valence-corrected chi connectivity index (χ2v) is 8.27. The van der Waals surface area contributed by atoms with Crippen molar-refractivity contribution >= 4 is 40.9 Å². The topological polar surface area (TPSA) is 59.8 Å². The molecule has 0 radical (unpaired) electrons. The van der Waals surface area contributed by atoms with Crippen molar-refractivity contribution in [3.8, 4) is 5.69 Å². The second-order valence-electron chi connectivity index (χ2n) is 6.48. The Morgan fingerprint density at radius 3 is 2.69 bits per heavy atom. The molecule has 1 aromatic heterocycles. The number of hydrogen-bond donors (Lipinski definition) is 1. The van der Waals surface area contributed by atoms with Crippen LogP contribution in [0.4, 0.5) is 0 Å². The molecule has 0 spiro atoms. The molecule has 29 heavy (non-hydrogen) atoms. The van der Waals surface area contributed by atoms with E-state index < -0.39 is 0 Å². The summed E-state index contributed by atoms with van der Waals surface area (Å²) in [7, 11) is 0. The van der Waals surface area contributed by atoms with Crippen LogP contribution in [0, 0.1) is 0 Å². The quantitative estimate of drug-likeness (QED) is 0.428. The third-order valence-corrected chi connectivity index (χ3v) is 5.82. The number of aromatic nitrogens is 3. The van der Waals surface area contributed by atoms with Crippen LogP contribution >= 0.6 is 35.0 Å². The number of halogens is 2. The second kappa shape index (κ2) is 10.7. The summed E-state index contributed by atoms with van der Waals surface area (Å²) in [5, 5.41) is 13.4. The van der Waals surface area contributed by atoms with E-state index in [0.29, 0.717) is 33.1 Å². The molecule has 3 aromatic rings. The molecule has 8 heteroatoms. The Kier molecular flexibility index (Phi) is 7.98. The Morgan fingerprint density at radius 2 is 1.93 bits per heavy atom. The van der Waals surface area contributed by atoms with Gasteiger partial charge in [-0.3, -0.25) is 9.36 Å². The van der Waals surface area contributed by atoms with Gasteiger partial charge in [-0.2, -0.15) is 0 Å². The number of carbonyl (C=O) groups excluding carboxylic acids is 1. The van der Waals surface area contributed by atoms with E-state index in [2.05, 4.69) is 34.6 Å². The first kappa shape index (κ1) is 21.7.